The molecule has 0 radical (unpaired) electrons. The number of amides is 1. The molecule has 2 aliphatic rings. The minimum absolute atomic E-state index is 0.0419. The minimum atomic E-state index is -0.919. The molecule has 6 rings (SSSR count). The molecule has 3 atom stereocenters. The molecular formula is C39H41N3O8. The van der Waals surface area contributed by atoms with E-state index in [2.05, 4.69) is 9.97 Å². The fourth-order valence-electron chi connectivity index (χ4n) is 6.83. The fourth-order valence-corrected chi connectivity index (χ4v) is 6.83. The molecule has 11 nitrogen and oxygen atoms in total. The molecule has 1 amide bonds. The van der Waals surface area contributed by atoms with Gasteiger partial charge >= 0.3 is 5.97 Å². The van der Waals surface area contributed by atoms with Crippen LogP contribution in [0.5, 0.6) is 23.0 Å². The lowest BCUT2D eigenvalue weighted by molar-refractivity contribution is -0.163. The predicted octanol–water partition coefficient (Wildman–Crippen LogP) is 5.73. The summed E-state index contributed by atoms with van der Waals surface area (Å²) in [6.45, 7) is 0.617. The Kier molecular flexibility index (Phi) is 10.9. The Balaban J connectivity index is 1.26. The van der Waals surface area contributed by atoms with Crippen molar-refractivity contribution in [2.45, 2.75) is 57.3 Å². The number of aromatic nitrogens is 2. The van der Waals surface area contributed by atoms with E-state index in [0.717, 1.165) is 41.5 Å². The van der Waals surface area contributed by atoms with Gasteiger partial charge in [0.05, 0.1) is 21.3 Å². The van der Waals surface area contributed by atoms with Gasteiger partial charge in [-0.15, -0.1) is 0 Å². The van der Waals surface area contributed by atoms with Crippen molar-refractivity contribution in [3.63, 3.8) is 0 Å². The first kappa shape index (κ1) is 34.4. The quantitative estimate of drug-likeness (QED) is 0.104. The van der Waals surface area contributed by atoms with Crippen LogP contribution in [-0.4, -0.2) is 66.4 Å². The summed E-state index contributed by atoms with van der Waals surface area (Å²) >= 11 is 0. The van der Waals surface area contributed by atoms with Crippen LogP contribution in [0.15, 0.2) is 79.4 Å². The highest BCUT2D eigenvalue weighted by Gasteiger charge is 2.40. The zero-order valence-electron chi connectivity index (χ0n) is 28.5. The van der Waals surface area contributed by atoms with Gasteiger partial charge in [-0.25, -0.2) is 4.79 Å². The molecule has 1 fully saturated rings. The number of rotatable bonds is 12. The maximum atomic E-state index is 14.2. The number of Topliss-reactive ketones (excluding diaryl/α,β-unsaturated/α-hetero) is 1. The highest BCUT2D eigenvalue weighted by Crippen LogP contribution is 2.42. The first-order valence-electron chi connectivity index (χ1n) is 16.8. The van der Waals surface area contributed by atoms with Gasteiger partial charge in [0, 0.05) is 42.8 Å². The lowest BCUT2D eigenvalue weighted by atomic mass is 9.78. The zero-order valence-corrected chi connectivity index (χ0v) is 28.5. The van der Waals surface area contributed by atoms with E-state index in [9.17, 15) is 14.4 Å². The molecule has 50 heavy (non-hydrogen) atoms. The summed E-state index contributed by atoms with van der Waals surface area (Å²) < 4.78 is 28.8. The SMILES string of the molecule is COc1cc(C(=O)C(=O)N2CCCC[C@H]2C(=O)O[C@H]2c3cc(OCc4ccncc4)ccc3CC[C@H]2Cc2cccnc2)cc(OC)c1OC. The van der Waals surface area contributed by atoms with Gasteiger partial charge in [-0.2, -0.15) is 0 Å². The lowest BCUT2D eigenvalue weighted by Gasteiger charge is -2.38. The van der Waals surface area contributed by atoms with Gasteiger partial charge in [0.1, 0.15) is 24.5 Å². The first-order chi connectivity index (χ1) is 24.4. The summed E-state index contributed by atoms with van der Waals surface area (Å²) in [6.07, 6.45) is 10.4. The number of likely N-dealkylation sites (tertiary alicyclic amines) is 1. The molecular weight excluding hydrogens is 638 g/mol. The third kappa shape index (κ3) is 7.56. The van der Waals surface area contributed by atoms with E-state index in [4.69, 9.17) is 23.7 Å². The summed E-state index contributed by atoms with van der Waals surface area (Å²) in [5.41, 5.74) is 4.05. The van der Waals surface area contributed by atoms with Crippen molar-refractivity contribution in [1.82, 2.24) is 14.9 Å². The number of methoxy groups -OCH3 is 3. The van der Waals surface area contributed by atoms with Gasteiger partial charge in [-0.3, -0.25) is 19.6 Å². The Bertz CT molecular complexity index is 1790. The van der Waals surface area contributed by atoms with E-state index in [1.165, 1.54) is 38.4 Å². The Hall–Kier alpha value is -5.45. The van der Waals surface area contributed by atoms with E-state index < -0.39 is 29.8 Å². The molecule has 11 heteroatoms. The second-order valence-electron chi connectivity index (χ2n) is 12.5. The van der Waals surface area contributed by atoms with E-state index in [0.29, 0.717) is 37.4 Å². The van der Waals surface area contributed by atoms with E-state index in [-0.39, 0.29) is 29.5 Å². The second-order valence-corrected chi connectivity index (χ2v) is 12.5. The predicted molar refractivity (Wildman–Crippen MR) is 183 cm³/mol. The van der Waals surface area contributed by atoms with Crippen LogP contribution < -0.4 is 18.9 Å². The van der Waals surface area contributed by atoms with E-state index >= 15 is 0 Å². The van der Waals surface area contributed by atoms with Crippen molar-refractivity contribution in [3.05, 3.63) is 107 Å². The number of piperidine rings is 1. The van der Waals surface area contributed by atoms with Crippen molar-refractivity contribution in [3.8, 4) is 23.0 Å². The van der Waals surface area contributed by atoms with Crippen molar-refractivity contribution in [2.75, 3.05) is 27.9 Å². The number of carbonyl (C=O) groups excluding carboxylic acids is 3. The summed E-state index contributed by atoms with van der Waals surface area (Å²) in [5, 5.41) is 0. The molecule has 1 aliphatic carbocycles. The molecule has 0 spiro atoms. The first-order valence-corrected chi connectivity index (χ1v) is 16.8. The molecule has 4 aromatic rings. The number of fused-ring (bicyclic) bond motifs is 1. The Morgan fingerprint density at radius 1 is 0.840 bits per heavy atom. The van der Waals surface area contributed by atoms with Gasteiger partial charge in [0.15, 0.2) is 11.5 Å². The normalized spacial score (nSPS) is 18.4. The average Bonchev–Trinajstić information content (AvgIpc) is 3.17. The number of pyridine rings is 2. The molecule has 2 aromatic heterocycles. The summed E-state index contributed by atoms with van der Waals surface area (Å²) in [6, 6.07) is 15.6. The maximum Gasteiger partial charge on any atom is 0.329 e. The highest BCUT2D eigenvalue weighted by molar-refractivity contribution is 6.43. The average molecular weight is 680 g/mol. The van der Waals surface area contributed by atoms with Crippen molar-refractivity contribution >= 4 is 17.7 Å². The van der Waals surface area contributed by atoms with Crippen LogP contribution in [0.4, 0.5) is 0 Å². The zero-order chi connectivity index (χ0) is 35.0. The largest absolute Gasteiger partial charge is 0.493 e. The van der Waals surface area contributed by atoms with Crippen LogP contribution in [0, 0.1) is 5.92 Å². The molecule has 260 valence electrons. The van der Waals surface area contributed by atoms with Crippen molar-refractivity contribution < 1.29 is 38.1 Å². The van der Waals surface area contributed by atoms with Gasteiger partial charge in [-0.1, -0.05) is 12.1 Å². The number of ether oxygens (including phenoxy) is 5. The Morgan fingerprint density at radius 2 is 1.62 bits per heavy atom. The topological polar surface area (TPSA) is 126 Å². The Morgan fingerprint density at radius 3 is 2.32 bits per heavy atom. The van der Waals surface area contributed by atoms with E-state index in [1.54, 1.807) is 18.6 Å². The van der Waals surface area contributed by atoms with Gasteiger partial charge in [0.25, 0.3) is 11.7 Å². The minimum Gasteiger partial charge on any atom is -0.493 e. The smallest absolute Gasteiger partial charge is 0.329 e. The standard InChI is InChI=1S/C39H41N3O8/c1-46-33-20-29(21-34(47-2)37(33)48-3)35(43)38(44)42-18-5-4-8-32(42)39(45)50-36-28(19-26-7-6-15-41-23-26)10-9-27-11-12-30(22-31(27)36)49-24-25-13-16-40-17-14-25/h6-7,11-17,20-23,28,32,36H,4-5,8-10,18-19,24H2,1-3H3/t28-,32-,36+/m0/s1. The van der Waals surface area contributed by atoms with Crippen LogP contribution in [0.1, 0.15) is 64.4 Å². The van der Waals surface area contributed by atoms with Crippen LogP contribution in [0.25, 0.3) is 0 Å². The third-order valence-corrected chi connectivity index (χ3v) is 9.41. The van der Waals surface area contributed by atoms with Gasteiger partial charge in [0.2, 0.25) is 5.75 Å². The maximum absolute atomic E-state index is 14.2. The van der Waals surface area contributed by atoms with Crippen LogP contribution in [-0.2, 0) is 33.8 Å². The van der Waals surface area contributed by atoms with Crippen LogP contribution >= 0.6 is 0 Å². The molecule has 0 bridgehead atoms. The summed E-state index contributed by atoms with van der Waals surface area (Å²) in [4.78, 5) is 51.4. The number of carbonyl (C=O) groups is 3. The third-order valence-electron chi connectivity index (χ3n) is 9.41. The van der Waals surface area contributed by atoms with Crippen LogP contribution in [0.2, 0.25) is 0 Å². The number of aryl methyl sites for hydroxylation is 1. The fraction of sp³-hybridized carbons (Fsp3) is 0.359. The molecule has 2 aromatic carbocycles. The lowest BCUT2D eigenvalue weighted by Crippen LogP contribution is -2.51. The van der Waals surface area contributed by atoms with Gasteiger partial charge < -0.3 is 28.6 Å². The number of nitrogens with zero attached hydrogens (tertiary/aromatic N) is 3. The van der Waals surface area contributed by atoms with Gasteiger partial charge in [-0.05, 0) is 103 Å². The molecule has 0 N–H and O–H groups in total. The number of hydrogen-bond donors (Lipinski definition) is 0. The molecule has 1 saturated heterocycles. The highest BCUT2D eigenvalue weighted by atomic mass is 16.5. The Labute approximate surface area is 291 Å². The molecule has 3 heterocycles. The summed E-state index contributed by atoms with van der Waals surface area (Å²) in [5.74, 6) is -0.685. The molecule has 0 unspecified atom stereocenters. The monoisotopic (exact) mass is 679 g/mol. The van der Waals surface area contributed by atoms with Crippen LogP contribution in [0.3, 0.4) is 0 Å². The number of ketones is 1. The number of benzene rings is 2. The van der Waals surface area contributed by atoms with Crippen molar-refractivity contribution in [2.24, 2.45) is 5.92 Å². The van der Waals surface area contributed by atoms with E-state index in [1.807, 2.05) is 48.7 Å². The summed E-state index contributed by atoms with van der Waals surface area (Å²) in [7, 11) is 4.33. The molecule has 0 saturated carbocycles. The van der Waals surface area contributed by atoms with Crippen molar-refractivity contribution in [1.29, 1.82) is 0 Å². The molecule has 1 aliphatic heterocycles. The number of esters is 1. The second kappa shape index (κ2) is 15.8. The number of hydrogen-bond acceptors (Lipinski definition) is 10.